The van der Waals surface area contributed by atoms with Crippen molar-refractivity contribution in [3.8, 4) is 11.3 Å². The van der Waals surface area contributed by atoms with Gasteiger partial charge in [-0.2, -0.15) is 4.98 Å². The molecule has 22 heavy (non-hydrogen) atoms. The summed E-state index contributed by atoms with van der Waals surface area (Å²) < 4.78 is 2.78. The molecule has 0 radical (unpaired) electrons. The Morgan fingerprint density at radius 1 is 1.18 bits per heavy atom. The van der Waals surface area contributed by atoms with Crippen LogP contribution in [-0.2, 0) is 4.79 Å². The van der Waals surface area contributed by atoms with Gasteiger partial charge in [-0.05, 0) is 37.1 Å². The number of anilines is 1. The third kappa shape index (κ3) is 2.50. The summed E-state index contributed by atoms with van der Waals surface area (Å²) in [5, 5.41) is 7.22. The number of amides is 1. The molecule has 4 rings (SSSR count). The second-order valence-electron chi connectivity index (χ2n) is 5.39. The fraction of sp³-hybridized carbons (Fsp3) is 0.188. The van der Waals surface area contributed by atoms with Gasteiger partial charge in [0.2, 0.25) is 11.9 Å². The predicted molar refractivity (Wildman–Crippen MR) is 87.5 cm³/mol. The fourth-order valence-electron chi connectivity index (χ4n) is 2.36. The normalized spacial score (nSPS) is 14.2. The minimum atomic E-state index is 0.0149. The third-order valence-electron chi connectivity index (χ3n) is 3.68. The lowest BCUT2D eigenvalue weighted by Crippen LogP contribution is -2.14. The van der Waals surface area contributed by atoms with E-state index in [1.54, 1.807) is 4.52 Å². The standard InChI is InChI=1S/C16H13BrN4O/c17-12-8-6-10(7-9-12)13-2-1-3-14-18-16(20-21(13)14)19-15(22)11-4-5-11/h1-3,6-9,11H,4-5H2,(H,19,20,22). The van der Waals surface area contributed by atoms with E-state index in [4.69, 9.17) is 0 Å². The van der Waals surface area contributed by atoms with E-state index in [2.05, 4.69) is 31.3 Å². The summed E-state index contributed by atoms with van der Waals surface area (Å²) in [6, 6.07) is 13.8. The highest BCUT2D eigenvalue weighted by atomic mass is 79.9. The summed E-state index contributed by atoms with van der Waals surface area (Å²) in [5.74, 6) is 0.514. The maximum absolute atomic E-state index is 11.8. The van der Waals surface area contributed by atoms with Crippen molar-refractivity contribution in [3.05, 3.63) is 46.9 Å². The quantitative estimate of drug-likeness (QED) is 0.781. The van der Waals surface area contributed by atoms with Crippen LogP contribution in [0.25, 0.3) is 16.9 Å². The number of aromatic nitrogens is 3. The van der Waals surface area contributed by atoms with Crippen LogP contribution < -0.4 is 5.32 Å². The molecule has 2 aromatic heterocycles. The van der Waals surface area contributed by atoms with Gasteiger partial charge in [-0.25, -0.2) is 4.52 Å². The Kier molecular flexibility index (Phi) is 3.18. The van der Waals surface area contributed by atoms with Gasteiger partial charge in [-0.1, -0.05) is 34.1 Å². The molecule has 1 saturated carbocycles. The number of fused-ring (bicyclic) bond motifs is 1. The summed E-state index contributed by atoms with van der Waals surface area (Å²) in [5.41, 5.74) is 2.69. The molecule has 1 aromatic carbocycles. The molecule has 110 valence electrons. The van der Waals surface area contributed by atoms with Crippen molar-refractivity contribution in [2.24, 2.45) is 5.92 Å². The maximum atomic E-state index is 11.8. The number of halogens is 1. The number of nitrogens with one attached hydrogen (secondary N) is 1. The molecule has 2 heterocycles. The van der Waals surface area contributed by atoms with E-state index in [1.165, 1.54) is 0 Å². The van der Waals surface area contributed by atoms with E-state index < -0.39 is 0 Å². The Morgan fingerprint density at radius 3 is 2.68 bits per heavy atom. The average Bonchev–Trinajstić information content (AvgIpc) is 3.28. The first-order valence-corrected chi connectivity index (χ1v) is 7.92. The van der Waals surface area contributed by atoms with Crippen LogP contribution in [0.15, 0.2) is 46.9 Å². The highest BCUT2D eigenvalue weighted by Crippen LogP contribution is 2.30. The number of carbonyl (C=O) groups excluding carboxylic acids is 1. The molecular formula is C16H13BrN4O. The summed E-state index contributed by atoms with van der Waals surface area (Å²) in [6.45, 7) is 0. The fourth-order valence-corrected chi connectivity index (χ4v) is 2.62. The van der Waals surface area contributed by atoms with Crippen molar-refractivity contribution in [2.45, 2.75) is 12.8 Å². The van der Waals surface area contributed by atoms with Crippen molar-refractivity contribution >= 4 is 33.4 Å². The van der Waals surface area contributed by atoms with Crippen LogP contribution in [0.3, 0.4) is 0 Å². The Morgan fingerprint density at radius 2 is 1.95 bits per heavy atom. The lowest BCUT2D eigenvalue weighted by molar-refractivity contribution is -0.117. The molecule has 1 aliphatic rings. The molecule has 1 amide bonds. The number of hydrogen-bond acceptors (Lipinski definition) is 3. The number of carbonyl (C=O) groups is 1. The Labute approximate surface area is 135 Å². The van der Waals surface area contributed by atoms with Gasteiger partial charge >= 0.3 is 0 Å². The highest BCUT2D eigenvalue weighted by molar-refractivity contribution is 9.10. The van der Waals surface area contributed by atoms with E-state index in [1.807, 2.05) is 42.5 Å². The van der Waals surface area contributed by atoms with Gasteiger partial charge in [-0.15, -0.1) is 5.10 Å². The second-order valence-corrected chi connectivity index (χ2v) is 6.30. The molecule has 1 fully saturated rings. The smallest absolute Gasteiger partial charge is 0.249 e. The van der Waals surface area contributed by atoms with Crippen LogP contribution >= 0.6 is 15.9 Å². The Hall–Kier alpha value is -2.21. The number of benzene rings is 1. The molecule has 1 aliphatic carbocycles. The Bertz CT molecular complexity index is 852. The first-order valence-electron chi connectivity index (χ1n) is 7.13. The molecule has 3 aromatic rings. The van der Waals surface area contributed by atoms with Crippen LogP contribution in [0.2, 0.25) is 0 Å². The van der Waals surface area contributed by atoms with Gasteiger partial charge < -0.3 is 0 Å². The van der Waals surface area contributed by atoms with Gasteiger partial charge in [0, 0.05) is 16.0 Å². The van der Waals surface area contributed by atoms with Crippen molar-refractivity contribution < 1.29 is 4.79 Å². The molecule has 0 spiro atoms. The lowest BCUT2D eigenvalue weighted by Gasteiger charge is -2.04. The first kappa shape index (κ1) is 13.5. The molecule has 5 nitrogen and oxygen atoms in total. The number of nitrogens with zero attached hydrogens (tertiary/aromatic N) is 3. The Balaban J connectivity index is 1.74. The van der Waals surface area contributed by atoms with Gasteiger partial charge in [0.25, 0.3) is 0 Å². The molecule has 0 bridgehead atoms. The van der Waals surface area contributed by atoms with Crippen LogP contribution in [0.1, 0.15) is 12.8 Å². The van der Waals surface area contributed by atoms with Crippen LogP contribution in [-0.4, -0.2) is 20.5 Å². The van der Waals surface area contributed by atoms with Crippen LogP contribution in [0.4, 0.5) is 5.95 Å². The molecule has 0 unspecified atom stereocenters. The summed E-state index contributed by atoms with van der Waals surface area (Å²) in [7, 11) is 0. The molecule has 6 heteroatoms. The largest absolute Gasteiger partial charge is 0.293 e. The van der Waals surface area contributed by atoms with Crippen molar-refractivity contribution in [2.75, 3.05) is 5.32 Å². The van der Waals surface area contributed by atoms with Crippen molar-refractivity contribution in [1.82, 2.24) is 14.6 Å². The molecule has 1 N–H and O–H groups in total. The maximum Gasteiger partial charge on any atom is 0.249 e. The SMILES string of the molecule is O=C(Nc1nc2cccc(-c3ccc(Br)cc3)n2n1)C1CC1. The number of hydrogen-bond donors (Lipinski definition) is 1. The van der Waals surface area contributed by atoms with Gasteiger partial charge in [-0.3, -0.25) is 10.1 Å². The molecular weight excluding hydrogens is 344 g/mol. The first-order chi connectivity index (χ1) is 10.7. The van der Waals surface area contributed by atoms with Gasteiger partial charge in [0.15, 0.2) is 5.65 Å². The minimum Gasteiger partial charge on any atom is -0.293 e. The van der Waals surface area contributed by atoms with E-state index in [0.29, 0.717) is 11.6 Å². The number of rotatable bonds is 3. The molecule has 0 atom stereocenters. The summed E-state index contributed by atoms with van der Waals surface area (Å²) >= 11 is 3.44. The van der Waals surface area contributed by atoms with Crippen molar-refractivity contribution in [3.63, 3.8) is 0 Å². The van der Waals surface area contributed by atoms with Gasteiger partial charge in [0.1, 0.15) is 0 Å². The zero-order valence-electron chi connectivity index (χ0n) is 11.7. The van der Waals surface area contributed by atoms with E-state index in [0.717, 1.165) is 28.6 Å². The van der Waals surface area contributed by atoms with Crippen molar-refractivity contribution in [1.29, 1.82) is 0 Å². The van der Waals surface area contributed by atoms with Crippen LogP contribution in [0.5, 0.6) is 0 Å². The average molecular weight is 357 g/mol. The van der Waals surface area contributed by atoms with E-state index in [-0.39, 0.29) is 11.8 Å². The lowest BCUT2D eigenvalue weighted by atomic mass is 10.1. The monoisotopic (exact) mass is 356 g/mol. The number of pyridine rings is 1. The zero-order chi connectivity index (χ0) is 15.1. The summed E-state index contributed by atoms with van der Waals surface area (Å²) in [4.78, 5) is 16.2. The second kappa shape index (κ2) is 5.21. The zero-order valence-corrected chi connectivity index (χ0v) is 13.2. The van der Waals surface area contributed by atoms with E-state index in [9.17, 15) is 4.79 Å². The van der Waals surface area contributed by atoms with Gasteiger partial charge in [0.05, 0.1) is 5.69 Å². The minimum absolute atomic E-state index is 0.0149. The predicted octanol–water partition coefficient (Wildman–Crippen LogP) is 3.51. The highest BCUT2D eigenvalue weighted by Gasteiger charge is 2.30. The summed E-state index contributed by atoms with van der Waals surface area (Å²) in [6.07, 6.45) is 1.92. The third-order valence-corrected chi connectivity index (χ3v) is 4.21. The van der Waals surface area contributed by atoms with Crippen LogP contribution in [0, 0.1) is 5.92 Å². The molecule has 0 aliphatic heterocycles. The molecule has 0 saturated heterocycles. The van der Waals surface area contributed by atoms with E-state index >= 15 is 0 Å². The topological polar surface area (TPSA) is 59.3 Å².